The van der Waals surface area contributed by atoms with Gasteiger partial charge in [-0.15, -0.1) is 0 Å². The highest BCUT2D eigenvalue weighted by molar-refractivity contribution is 5.77. The Morgan fingerprint density at radius 2 is 2.32 bits per heavy atom. The number of anilines is 2. The lowest BCUT2D eigenvalue weighted by atomic mass is 10.0. The molecular weight excluding hydrogens is 240 g/mol. The molecule has 2 N–H and O–H groups in total. The van der Waals surface area contributed by atoms with Crippen LogP contribution in [-0.2, 0) is 16.0 Å². The fraction of sp³-hybridized carbons (Fsp3) is 0.533. The SMILES string of the molecule is CCCCOC(=O)CN1CCCc2cc(N)ccc21. The Hall–Kier alpha value is -1.71. The lowest BCUT2D eigenvalue weighted by molar-refractivity contribution is -0.142. The summed E-state index contributed by atoms with van der Waals surface area (Å²) in [5.41, 5.74) is 8.93. The number of hydrogen-bond acceptors (Lipinski definition) is 4. The molecule has 0 saturated carbocycles. The summed E-state index contributed by atoms with van der Waals surface area (Å²) in [6.07, 6.45) is 4.05. The normalized spacial score (nSPS) is 14.1. The van der Waals surface area contributed by atoms with Crippen molar-refractivity contribution in [2.75, 3.05) is 30.3 Å². The summed E-state index contributed by atoms with van der Waals surface area (Å²) in [5.74, 6) is -0.141. The van der Waals surface area contributed by atoms with E-state index in [9.17, 15) is 4.79 Å². The molecule has 0 aromatic heterocycles. The first-order valence-corrected chi connectivity index (χ1v) is 6.99. The number of unbranched alkanes of at least 4 members (excludes halogenated alkanes) is 1. The molecule has 4 heteroatoms. The summed E-state index contributed by atoms with van der Waals surface area (Å²) >= 11 is 0. The second-order valence-electron chi connectivity index (χ2n) is 4.99. The quantitative estimate of drug-likeness (QED) is 0.503. The predicted molar refractivity (Wildman–Crippen MR) is 77.3 cm³/mol. The van der Waals surface area contributed by atoms with E-state index in [1.807, 2.05) is 18.2 Å². The van der Waals surface area contributed by atoms with Crippen molar-refractivity contribution in [1.82, 2.24) is 0 Å². The van der Waals surface area contributed by atoms with Crippen LogP contribution in [0.25, 0.3) is 0 Å². The van der Waals surface area contributed by atoms with E-state index < -0.39 is 0 Å². The molecule has 1 aliphatic heterocycles. The molecule has 0 saturated heterocycles. The molecule has 104 valence electrons. The fourth-order valence-electron chi connectivity index (χ4n) is 2.39. The monoisotopic (exact) mass is 262 g/mol. The van der Waals surface area contributed by atoms with Crippen molar-refractivity contribution in [3.63, 3.8) is 0 Å². The zero-order valence-electron chi connectivity index (χ0n) is 11.5. The van der Waals surface area contributed by atoms with E-state index in [4.69, 9.17) is 10.5 Å². The summed E-state index contributed by atoms with van der Waals surface area (Å²) in [4.78, 5) is 13.9. The number of benzene rings is 1. The molecule has 0 radical (unpaired) electrons. The van der Waals surface area contributed by atoms with Gasteiger partial charge in [-0.05, 0) is 43.0 Å². The van der Waals surface area contributed by atoms with E-state index in [1.165, 1.54) is 5.56 Å². The first kappa shape index (κ1) is 13.7. The van der Waals surface area contributed by atoms with Crippen LogP contribution in [0, 0.1) is 0 Å². The molecule has 0 spiro atoms. The molecule has 0 aliphatic carbocycles. The van der Waals surface area contributed by atoms with Crippen molar-refractivity contribution < 1.29 is 9.53 Å². The molecule has 0 unspecified atom stereocenters. The second-order valence-corrected chi connectivity index (χ2v) is 4.99. The van der Waals surface area contributed by atoms with Gasteiger partial charge < -0.3 is 15.4 Å². The lowest BCUT2D eigenvalue weighted by Gasteiger charge is -2.30. The maximum absolute atomic E-state index is 11.8. The molecule has 2 rings (SSSR count). The van der Waals surface area contributed by atoms with Crippen LogP contribution in [0.3, 0.4) is 0 Å². The van der Waals surface area contributed by atoms with Crippen molar-refractivity contribution in [2.24, 2.45) is 0 Å². The number of esters is 1. The number of carbonyl (C=O) groups is 1. The van der Waals surface area contributed by atoms with Crippen LogP contribution < -0.4 is 10.6 Å². The highest BCUT2D eigenvalue weighted by Gasteiger charge is 2.19. The average Bonchev–Trinajstić information content (AvgIpc) is 2.39. The van der Waals surface area contributed by atoms with Gasteiger partial charge in [0.2, 0.25) is 0 Å². The smallest absolute Gasteiger partial charge is 0.325 e. The number of ether oxygens (including phenoxy) is 1. The van der Waals surface area contributed by atoms with Crippen LogP contribution in [-0.4, -0.2) is 25.7 Å². The number of nitrogens with two attached hydrogens (primary N) is 1. The van der Waals surface area contributed by atoms with Crippen LogP contribution in [0.4, 0.5) is 11.4 Å². The van der Waals surface area contributed by atoms with Crippen LogP contribution in [0.1, 0.15) is 31.7 Å². The average molecular weight is 262 g/mol. The Bertz CT molecular complexity index is 446. The Labute approximate surface area is 114 Å². The lowest BCUT2D eigenvalue weighted by Crippen LogP contribution is -2.35. The van der Waals surface area contributed by atoms with Gasteiger partial charge in [0.25, 0.3) is 0 Å². The molecule has 19 heavy (non-hydrogen) atoms. The zero-order chi connectivity index (χ0) is 13.7. The maximum atomic E-state index is 11.8. The van der Waals surface area contributed by atoms with E-state index in [0.29, 0.717) is 13.2 Å². The van der Waals surface area contributed by atoms with Gasteiger partial charge in [-0.2, -0.15) is 0 Å². The fourth-order valence-corrected chi connectivity index (χ4v) is 2.39. The number of nitrogen functional groups attached to an aromatic ring is 1. The summed E-state index contributed by atoms with van der Waals surface area (Å²) in [6.45, 7) is 3.84. The number of carbonyl (C=O) groups excluding carboxylic acids is 1. The van der Waals surface area contributed by atoms with Gasteiger partial charge in [-0.3, -0.25) is 4.79 Å². The Morgan fingerprint density at radius 1 is 1.47 bits per heavy atom. The van der Waals surface area contributed by atoms with Crippen molar-refractivity contribution in [3.8, 4) is 0 Å². The first-order chi connectivity index (χ1) is 9.20. The van der Waals surface area contributed by atoms with Crippen LogP contribution in [0.2, 0.25) is 0 Å². The number of hydrogen-bond donors (Lipinski definition) is 1. The molecule has 1 heterocycles. The van der Waals surface area contributed by atoms with Gasteiger partial charge >= 0.3 is 5.97 Å². The van der Waals surface area contributed by atoms with E-state index in [-0.39, 0.29) is 5.97 Å². The van der Waals surface area contributed by atoms with Gasteiger partial charge in [0.15, 0.2) is 0 Å². The number of nitrogens with zero attached hydrogens (tertiary/aromatic N) is 1. The molecular formula is C15H22N2O2. The molecule has 1 aromatic rings. The molecule has 0 bridgehead atoms. The molecule has 0 fully saturated rings. The standard InChI is InChI=1S/C15H22N2O2/c1-2-3-9-19-15(18)11-17-8-4-5-12-10-13(16)6-7-14(12)17/h6-7,10H,2-5,8-9,11,16H2,1H3. The van der Waals surface area contributed by atoms with Crippen molar-refractivity contribution in [2.45, 2.75) is 32.6 Å². The minimum atomic E-state index is -0.141. The summed E-state index contributed by atoms with van der Waals surface area (Å²) in [6, 6.07) is 5.90. The van der Waals surface area contributed by atoms with E-state index in [2.05, 4.69) is 11.8 Å². The minimum absolute atomic E-state index is 0.141. The Kier molecular flexibility index (Phi) is 4.66. The van der Waals surface area contributed by atoms with E-state index in [0.717, 1.165) is 43.6 Å². The van der Waals surface area contributed by atoms with Crippen LogP contribution in [0.15, 0.2) is 18.2 Å². The van der Waals surface area contributed by atoms with Crippen molar-refractivity contribution >= 4 is 17.3 Å². The largest absolute Gasteiger partial charge is 0.464 e. The van der Waals surface area contributed by atoms with Crippen LogP contribution in [0.5, 0.6) is 0 Å². The summed E-state index contributed by atoms with van der Waals surface area (Å²) in [5, 5.41) is 0. The van der Waals surface area contributed by atoms with Crippen LogP contribution >= 0.6 is 0 Å². The third-order valence-electron chi connectivity index (χ3n) is 3.40. The predicted octanol–water partition coefficient (Wildman–Crippen LogP) is 2.36. The highest BCUT2D eigenvalue weighted by Crippen LogP contribution is 2.28. The third kappa shape index (κ3) is 3.63. The first-order valence-electron chi connectivity index (χ1n) is 6.99. The molecule has 0 amide bonds. The van der Waals surface area contributed by atoms with E-state index >= 15 is 0 Å². The van der Waals surface area contributed by atoms with E-state index in [1.54, 1.807) is 0 Å². The van der Waals surface area contributed by atoms with Crippen molar-refractivity contribution in [3.05, 3.63) is 23.8 Å². The van der Waals surface area contributed by atoms with Gasteiger partial charge in [-0.25, -0.2) is 0 Å². The molecule has 1 aliphatic rings. The zero-order valence-corrected chi connectivity index (χ0v) is 11.5. The second kappa shape index (κ2) is 6.45. The highest BCUT2D eigenvalue weighted by atomic mass is 16.5. The Morgan fingerprint density at radius 3 is 3.11 bits per heavy atom. The summed E-state index contributed by atoms with van der Waals surface area (Å²) in [7, 11) is 0. The minimum Gasteiger partial charge on any atom is -0.464 e. The number of aryl methyl sites for hydroxylation is 1. The Balaban J connectivity index is 1.97. The van der Waals surface area contributed by atoms with Gasteiger partial charge in [-0.1, -0.05) is 13.3 Å². The maximum Gasteiger partial charge on any atom is 0.325 e. The van der Waals surface area contributed by atoms with Gasteiger partial charge in [0.1, 0.15) is 6.54 Å². The third-order valence-corrected chi connectivity index (χ3v) is 3.40. The number of fused-ring (bicyclic) bond motifs is 1. The van der Waals surface area contributed by atoms with Crippen molar-refractivity contribution in [1.29, 1.82) is 0 Å². The molecule has 0 atom stereocenters. The van der Waals surface area contributed by atoms with Gasteiger partial charge in [0.05, 0.1) is 6.61 Å². The number of rotatable bonds is 5. The summed E-state index contributed by atoms with van der Waals surface area (Å²) < 4.78 is 5.22. The van der Waals surface area contributed by atoms with Gasteiger partial charge in [0, 0.05) is 17.9 Å². The molecule has 1 aromatic carbocycles. The topological polar surface area (TPSA) is 55.6 Å². The molecule has 4 nitrogen and oxygen atoms in total.